The third-order valence-electron chi connectivity index (χ3n) is 5.66. The van der Waals surface area contributed by atoms with Crippen molar-refractivity contribution in [3.8, 4) is 22.5 Å². The molecule has 0 saturated carbocycles. The van der Waals surface area contributed by atoms with Crippen LogP contribution in [-0.2, 0) is 22.5 Å². The zero-order valence-corrected chi connectivity index (χ0v) is 22.5. The first-order valence-electron chi connectivity index (χ1n) is 11.8. The van der Waals surface area contributed by atoms with Gasteiger partial charge in [0.2, 0.25) is 0 Å². The number of aliphatic carboxylic acids is 1. The molecule has 0 N–H and O–H groups in total. The van der Waals surface area contributed by atoms with Crippen molar-refractivity contribution in [2.45, 2.75) is 6.92 Å². The molecular weight excluding hydrogens is 637 g/mol. The van der Waals surface area contributed by atoms with E-state index < -0.39 is 23.7 Å². The molecule has 0 aliphatic carbocycles. The standard InChI is InChI=1S/2C15H10N.C2H4O2.Ir/c2*1-2-7-13(8-3-1)15-14-9-5-4-6-12(14)10-11-16-15;1-2(3)4;/h2*1-10H;1H3,(H,3,4);/q;;;+1/p-1. The maximum atomic E-state index is 8.89. The number of nitrogens with zero attached hydrogens (tertiary/aromatic N) is 2. The second-order valence-electron chi connectivity index (χ2n) is 8.29. The fraction of sp³-hybridized carbons (Fsp3) is 0.0312. The molecule has 0 unspecified atom stereocenters. The van der Waals surface area contributed by atoms with Gasteiger partial charge >= 0.3 is 201 Å². The summed E-state index contributed by atoms with van der Waals surface area (Å²) in [7, 11) is 0. The summed E-state index contributed by atoms with van der Waals surface area (Å²) in [6.45, 7) is 0.972. The Balaban J connectivity index is 0.000000655. The summed E-state index contributed by atoms with van der Waals surface area (Å²) in [5.41, 5.74) is 4.41. The van der Waals surface area contributed by atoms with Gasteiger partial charge in [-0.2, -0.15) is 0 Å². The SMILES string of the molecule is CC(=O)[O-].c1ccc(-c2n[c]([Ir+][c]3cc4ccccc4c(-c4ccccc4)n3)cc3ccccc23)cc1. The predicted octanol–water partition coefficient (Wildman–Crippen LogP) is 4.91. The first-order chi connectivity index (χ1) is 18.1. The summed E-state index contributed by atoms with van der Waals surface area (Å²) < 4.78 is 2.30. The van der Waals surface area contributed by atoms with Gasteiger partial charge in [0, 0.05) is 5.97 Å². The van der Waals surface area contributed by atoms with Crippen molar-refractivity contribution < 1.29 is 27.6 Å². The molecule has 4 nitrogen and oxygen atoms in total. The minimum atomic E-state index is -1.08. The molecule has 0 saturated heterocycles. The topological polar surface area (TPSA) is 65.9 Å². The molecule has 5 heteroatoms. The Morgan fingerprint density at radius 2 is 0.946 bits per heavy atom. The van der Waals surface area contributed by atoms with E-state index >= 15 is 0 Å². The monoisotopic (exact) mass is 660 g/mol. The summed E-state index contributed by atoms with van der Waals surface area (Å²) in [4.78, 5) is 19.2. The van der Waals surface area contributed by atoms with Gasteiger partial charge in [-0.3, -0.25) is 0 Å². The van der Waals surface area contributed by atoms with Crippen LogP contribution in [0.15, 0.2) is 121 Å². The van der Waals surface area contributed by atoms with E-state index in [9.17, 15) is 0 Å². The molecule has 0 aliphatic heterocycles. The predicted molar refractivity (Wildman–Crippen MR) is 144 cm³/mol. The van der Waals surface area contributed by atoms with Crippen LogP contribution in [-0.4, -0.2) is 15.9 Å². The summed E-state index contributed by atoms with van der Waals surface area (Å²) in [5.74, 6) is -1.08. The maximum absolute atomic E-state index is 8.89. The number of fused-ring (bicyclic) bond motifs is 2. The zero-order chi connectivity index (χ0) is 25.6. The van der Waals surface area contributed by atoms with E-state index in [4.69, 9.17) is 19.9 Å². The van der Waals surface area contributed by atoms with E-state index in [0.29, 0.717) is 0 Å². The molecule has 0 amide bonds. The first-order valence-corrected chi connectivity index (χ1v) is 14.2. The second-order valence-corrected chi connectivity index (χ2v) is 11.3. The van der Waals surface area contributed by atoms with E-state index in [1.165, 1.54) is 21.5 Å². The van der Waals surface area contributed by atoms with Crippen molar-refractivity contribution in [3.63, 3.8) is 0 Å². The van der Waals surface area contributed by atoms with Crippen molar-refractivity contribution in [1.29, 1.82) is 0 Å². The van der Waals surface area contributed by atoms with Crippen LogP contribution in [0, 0.1) is 0 Å². The summed E-state index contributed by atoms with van der Waals surface area (Å²) in [6.07, 6.45) is 0. The van der Waals surface area contributed by atoms with Crippen molar-refractivity contribution in [2.75, 3.05) is 0 Å². The molecule has 0 bridgehead atoms. The first kappa shape index (κ1) is 24.5. The molecular formula is C32H23IrN2O2. The van der Waals surface area contributed by atoms with Gasteiger partial charge in [-0.15, -0.1) is 0 Å². The van der Waals surface area contributed by atoms with Crippen molar-refractivity contribution in [1.82, 2.24) is 9.97 Å². The van der Waals surface area contributed by atoms with E-state index in [1.54, 1.807) is 0 Å². The molecule has 6 aromatic rings. The van der Waals surface area contributed by atoms with Crippen LogP contribution in [0.1, 0.15) is 6.92 Å². The number of carboxylic acid groups (broad SMARTS) is 1. The average Bonchev–Trinajstić information content (AvgIpc) is 2.93. The van der Waals surface area contributed by atoms with E-state index in [-0.39, 0.29) is 0 Å². The van der Waals surface area contributed by atoms with Crippen LogP contribution >= 0.6 is 0 Å². The van der Waals surface area contributed by atoms with Crippen molar-refractivity contribution >= 4 is 35.9 Å². The number of pyridine rings is 2. The molecule has 37 heavy (non-hydrogen) atoms. The fourth-order valence-corrected chi connectivity index (χ4v) is 6.64. The van der Waals surface area contributed by atoms with Gasteiger partial charge in [-0.25, -0.2) is 0 Å². The summed E-state index contributed by atoms with van der Waals surface area (Å²) in [5, 5.41) is 13.7. The summed E-state index contributed by atoms with van der Waals surface area (Å²) in [6, 6.07) is 42.5. The molecule has 6 rings (SSSR count). The third kappa shape index (κ3) is 5.80. The van der Waals surface area contributed by atoms with Gasteiger partial charge < -0.3 is 9.90 Å². The molecule has 0 spiro atoms. The number of carbonyl (C=O) groups excluding carboxylic acids is 1. The zero-order valence-electron chi connectivity index (χ0n) is 20.1. The number of carbonyl (C=O) groups is 1. The minimum absolute atomic E-state index is 0.729. The normalized spacial score (nSPS) is 10.7. The molecule has 182 valence electrons. The van der Waals surface area contributed by atoms with Crippen LogP contribution in [0.2, 0.25) is 0 Å². The number of rotatable bonds is 4. The second kappa shape index (κ2) is 11.3. The van der Waals surface area contributed by atoms with E-state index in [0.717, 1.165) is 37.9 Å². The summed E-state index contributed by atoms with van der Waals surface area (Å²) >= 11 is -0.729. The molecule has 4 aromatic carbocycles. The van der Waals surface area contributed by atoms with E-state index in [1.807, 2.05) is 12.1 Å². The van der Waals surface area contributed by atoms with Gasteiger partial charge in [-0.05, 0) is 6.92 Å². The molecule has 0 aliphatic rings. The molecule has 0 atom stereocenters. The third-order valence-corrected chi connectivity index (χ3v) is 8.11. The van der Waals surface area contributed by atoms with Crippen molar-refractivity contribution in [3.05, 3.63) is 121 Å². The van der Waals surface area contributed by atoms with Gasteiger partial charge in [0.05, 0.1) is 0 Å². The average molecular weight is 660 g/mol. The Morgan fingerprint density at radius 3 is 1.35 bits per heavy atom. The number of hydrogen-bond acceptors (Lipinski definition) is 4. The van der Waals surface area contributed by atoms with Crippen LogP contribution in [0.3, 0.4) is 0 Å². The van der Waals surface area contributed by atoms with Gasteiger partial charge in [0.15, 0.2) is 0 Å². The number of aromatic nitrogens is 2. The molecule has 2 aromatic heterocycles. The Kier molecular flexibility index (Phi) is 7.46. The Bertz CT molecular complexity index is 1560. The Labute approximate surface area is 223 Å². The van der Waals surface area contributed by atoms with Crippen LogP contribution in [0.5, 0.6) is 0 Å². The molecule has 0 fully saturated rings. The van der Waals surface area contributed by atoms with Crippen LogP contribution in [0.25, 0.3) is 44.1 Å². The number of carboxylic acids is 1. The van der Waals surface area contributed by atoms with Crippen LogP contribution < -0.4 is 13.5 Å². The van der Waals surface area contributed by atoms with Gasteiger partial charge in [0.1, 0.15) is 0 Å². The van der Waals surface area contributed by atoms with E-state index in [2.05, 4.69) is 109 Å². The number of hydrogen-bond donors (Lipinski definition) is 0. The fourth-order valence-electron chi connectivity index (χ4n) is 4.11. The van der Waals surface area contributed by atoms with Crippen LogP contribution in [0.4, 0.5) is 0 Å². The number of benzene rings is 4. The molecule has 2 heterocycles. The van der Waals surface area contributed by atoms with Gasteiger partial charge in [-0.1, -0.05) is 0 Å². The van der Waals surface area contributed by atoms with Crippen molar-refractivity contribution in [2.24, 2.45) is 0 Å². The Hall–Kier alpha value is -4.18. The Morgan fingerprint density at radius 1 is 0.595 bits per heavy atom. The quantitative estimate of drug-likeness (QED) is 0.270. The van der Waals surface area contributed by atoms with Gasteiger partial charge in [0.25, 0.3) is 0 Å². The molecule has 0 radical (unpaired) electrons.